The van der Waals surface area contributed by atoms with E-state index in [0.29, 0.717) is 6.54 Å². The molecule has 0 radical (unpaired) electrons. The number of nitro benzene ring substituents is 1. The predicted molar refractivity (Wildman–Crippen MR) is 81.0 cm³/mol. The molecule has 1 atom stereocenters. The van der Waals surface area contributed by atoms with Crippen molar-refractivity contribution in [2.75, 3.05) is 6.54 Å². The molecule has 2 aromatic rings. The Bertz CT molecular complexity index is 729. The maximum atomic E-state index is 12.8. The summed E-state index contributed by atoms with van der Waals surface area (Å²) in [5.74, 6) is -0.751. The zero-order valence-electron chi connectivity index (χ0n) is 12.3. The number of phenolic OH excluding ortho intramolecular Hbond substituents is 1. The van der Waals surface area contributed by atoms with Crippen LogP contribution in [-0.4, -0.2) is 37.6 Å². The zero-order chi connectivity index (χ0) is 16.4. The van der Waals surface area contributed by atoms with Crippen LogP contribution in [0.4, 0.5) is 5.69 Å². The number of hydrogen-bond acceptors (Lipinski definition) is 5. The lowest BCUT2D eigenvalue weighted by atomic mass is 9.96. The number of nitro groups is 1. The second-order valence-electron chi connectivity index (χ2n) is 5.50. The van der Waals surface area contributed by atoms with E-state index in [-0.39, 0.29) is 17.5 Å². The lowest BCUT2D eigenvalue weighted by Gasteiger charge is -2.35. The quantitative estimate of drug-likeness (QED) is 0.667. The van der Waals surface area contributed by atoms with E-state index < -0.39 is 16.4 Å². The third kappa shape index (κ3) is 2.87. The average Bonchev–Trinajstić information content (AvgIpc) is 3.08. The zero-order valence-corrected chi connectivity index (χ0v) is 12.3. The summed E-state index contributed by atoms with van der Waals surface area (Å²) in [6.45, 7) is 0.604. The van der Waals surface area contributed by atoms with E-state index in [1.807, 2.05) is 0 Å². The fourth-order valence-corrected chi connectivity index (χ4v) is 2.94. The summed E-state index contributed by atoms with van der Waals surface area (Å²) in [6.07, 6.45) is 6.22. The summed E-state index contributed by atoms with van der Waals surface area (Å²) < 4.78 is 0. The summed E-state index contributed by atoms with van der Waals surface area (Å²) in [4.78, 5) is 24.6. The molecule has 2 heterocycles. The van der Waals surface area contributed by atoms with Crippen molar-refractivity contribution in [1.82, 2.24) is 15.1 Å². The van der Waals surface area contributed by atoms with Crippen molar-refractivity contribution >= 4 is 11.6 Å². The van der Waals surface area contributed by atoms with Crippen LogP contribution in [0.25, 0.3) is 0 Å². The monoisotopic (exact) mass is 316 g/mol. The van der Waals surface area contributed by atoms with Gasteiger partial charge in [-0.1, -0.05) is 0 Å². The molecule has 0 aliphatic carbocycles. The molecule has 0 saturated carbocycles. The van der Waals surface area contributed by atoms with E-state index in [9.17, 15) is 20.0 Å². The molecule has 8 heteroatoms. The smallest absolute Gasteiger partial charge is 0.310 e. The van der Waals surface area contributed by atoms with Gasteiger partial charge in [0.15, 0.2) is 5.75 Å². The van der Waals surface area contributed by atoms with Gasteiger partial charge in [0.2, 0.25) is 0 Å². The molecule has 1 aliphatic rings. The normalized spacial score (nSPS) is 17.9. The van der Waals surface area contributed by atoms with Crippen LogP contribution in [0.2, 0.25) is 0 Å². The van der Waals surface area contributed by atoms with E-state index in [0.717, 1.165) is 37.0 Å². The molecule has 0 bridgehead atoms. The first-order chi connectivity index (χ1) is 11.1. The van der Waals surface area contributed by atoms with Crippen molar-refractivity contribution in [3.63, 3.8) is 0 Å². The van der Waals surface area contributed by atoms with Gasteiger partial charge < -0.3 is 10.0 Å². The Balaban J connectivity index is 1.89. The van der Waals surface area contributed by atoms with Gasteiger partial charge in [-0.25, -0.2) is 0 Å². The minimum Gasteiger partial charge on any atom is -0.502 e. The van der Waals surface area contributed by atoms with Crippen molar-refractivity contribution in [3.05, 3.63) is 51.8 Å². The summed E-state index contributed by atoms with van der Waals surface area (Å²) in [5, 5.41) is 27.2. The van der Waals surface area contributed by atoms with E-state index in [4.69, 9.17) is 0 Å². The van der Waals surface area contributed by atoms with E-state index >= 15 is 0 Å². The topological polar surface area (TPSA) is 112 Å². The Morgan fingerprint density at radius 3 is 2.91 bits per heavy atom. The minimum absolute atomic E-state index is 0.0765. The molecule has 1 aliphatic heterocycles. The number of piperidine rings is 1. The first-order valence-electron chi connectivity index (χ1n) is 7.35. The molecule has 1 fully saturated rings. The van der Waals surface area contributed by atoms with Gasteiger partial charge in [0.05, 0.1) is 17.2 Å². The number of amides is 1. The van der Waals surface area contributed by atoms with E-state index in [1.54, 1.807) is 17.3 Å². The Kier molecular flexibility index (Phi) is 3.96. The molecule has 3 rings (SSSR count). The number of aromatic amines is 1. The molecule has 1 aromatic carbocycles. The average molecular weight is 316 g/mol. The minimum atomic E-state index is -0.682. The molecule has 8 nitrogen and oxygen atoms in total. The summed E-state index contributed by atoms with van der Waals surface area (Å²) in [7, 11) is 0. The van der Waals surface area contributed by atoms with Crippen molar-refractivity contribution in [2.45, 2.75) is 25.3 Å². The maximum absolute atomic E-state index is 12.8. The molecule has 1 saturated heterocycles. The Labute approximate surface area is 131 Å². The van der Waals surface area contributed by atoms with Crippen LogP contribution in [-0.2, 0) is 0 Å². The number of carbonyl (C=O) groups is 1. The van der Waals surface area contributed by atoms with Crippen LogP contribution in [0.15, 0.2) is 30.6 Å². The van der Waals surface area contributed by atoms with Crippen LogP contribution in [0.3, 0.4) is 0 Å². The van der Waals surface area contributed by atoms with Gasteiger partial charge in [0, 0.05) is 29.9 Å². The van der Waals surface area contributed by atoms with Gasteiger partial charge in [-0.3, -0.25) is 20.0 Å². The standard InChI is InChI=1S/C15H16N4O4/c20-14-7-10(4-5-13(14)19(22)23)15(21)18-6-2-1-3-12(18)11-8-16-17-9-11/h4-5,7-9,12,20H,1-3,6H2,(H,16,17)/t12-/m0/s1. The molecule has 120 valence electrons. The van der Waals surface area contributed by atoms with Gasteiger partial charge in [0.1, 0.15) is 0 Å². The van der Waals surface area contributed by atoms with Crippen LogP contribution >= 0.6 is 0 Å². The Morgan fingerprint density at radius 2 is 2.26 bits per heavy atom. The van der Waals surface area contributed by atoms with Gasteiger partial charge in [-0.2, -0.15) is 5.10 Å². The third-order valence-electron chi connectivity index (χ3n) is 4.09. The Hall–Kier alpha value is -2.90. The number of benzene rings is 1. The summed E-state index contributed by atoms with van der Waals surface area (Å²) in [6, 6.07) is 3.61. The second-order valence-corrected chi connectivity index (χ2v) is 5.50. The first-order valence-corrected chi connectivity index (χ1v) is 7.35. The van der Waals surface area contributed by atoms with Gasteiger partial charge in [-0.15, -0.1) is 0 Å². The molecule has 1 amide bonds. The molecule has 23 heavy (non-hydrogen) atoms. The van der Waals surface area contributed by atoms with Crippen molar-refractivity contribution in [1.29, 1.82) is 0 Å². The van der Waals surface area contributed by atoms with Crippen LogP contribution in [0, 0.1) is 10.1 Å². The van der Waals surface area contributed by atoms with Gasteiger partial charge >= 0.3 is 5.69 Å². The van der Waals surface area contributed by atoms with Crippen LogP contribution in [0.1, 0.15) is 41.2 Å². The lowest BCUT2D eigenvalue weighted by Crippen LogP contribution is -2.38. The number of phenols is 1. The molecule has 2 N–H and O–H groups in total. The largest absolute Gasteiger partial charge is 0.502 e. The first kappa shape index (κ1) is 15.0. The second kappa shape index (κ2) is 6.07. The van der Waals surface area contributed by atoms with Crippen LogP contribution in [0.5, 0.6) is 5.75 Å². The number of rotatable bonds is 3. The lowest BCUT2D eigenvalue weighted by molar-refractivity contribution is -0.385. The van der Waals surface area contributed by atoms with E-state index in [2.05, 4.69) is 10.2 Å². The maximum Gasteiger partial charge on any atom is 0.310 e. The van der Waals surface area contributed by atoms with Crippen molar-refractivity contribution in [2.24, 2.45) is 0 Å². The molecule has 0 spiro atoms. The number of H-pyrrole nitrogens is 1. The van der Waals surface area contributed by atoms with Gasteiger partial charge in [0.25, 0.3) is 5.91 Å². The highest BCUT2D eigenvalue weighted by atomic mass is 16.6. The fourth-order valence-electron chi connectivity index (χ4n) is 2.94. The van der Waals surface area contributed by atoms with Gasteiger partial charge in [-0.05, 0) is 31.4 Å². The third-order valence-corrected chi connectivity index (χ3v) is 4.09. The number of aromatic hydroxyl groups is 1. The molecule has 0 unspecified atom stereocenters. The van der Waals surface area contributed by atoms with E-state index in [1.165, 1.54) is 6.07 Å². The highest BCUT2D eigenvalue weighted by Gasteiger charge is 2.30. The number of carbonyl (C=O) groups excluding carboxylic acids is 1. The summed E-state index contributed by atoms with van der Waals surface area (Å²) in [5.41, 5.74) is 0.763. The highest BCUT2D eigenvalue weighted by Crippen LogP contribution is 2.33. The number of hydrogen-bond donors (Lipinski definition) is 2. The number of likely N-dealkylation sites (tertiary alicyclic amines) is 1. The molecule has 1 aromatic heterocycles. The number of nitrogens with one attached hydrogen (secondary N) is 1. The molecular weight excluding hydrogens is 300 g/mol. The van der Waals surface area contributed by atoms with Crippen molar-refractivity contribution < 1.29 is 14.8 Å². The Morgan fingerprint density at radius 1 is 1.43 bits per heavy atom. The molecular formula is C15H16N4O4. The number of nitrogens with zero attached hydrogens (tertiary/aromatic N) is 3. The van der Waals surface area contributed by atoms with Crippen LogP contribution < -0.4 is 0 Å². The highest BCUT2D eigenvalue weighted by molar-refractivity contribution is 5.95. The fraction of sp³-hybridized carbons (Fsp3) is 0.333. The number of aromatic nitrogens is 2. The predicted octanol–water partition coefficient (Wildman–Crippen LogP) is 2.39. The van der Waals surface area contributed by atoms with Crippen molar-refractivity contribution in [3.8, 4) is 5.75 Å². The SMILES string of the molecule is O=C(c1ccc([N+](=O)[O-])c(O)c1)N1CCCC[C@H]1c1cn[nH]c1. The summed E-state index contributed by atoms with van der Waals surface area (Å²) >= 11 is 0.